The minimum absolute atomic E-state index is 0.108. The molecule has 1 aromatic rings. The fourth-order valence-electron chi connectivity index (χ4n) is 2.56. The van der Waals surface area contributed by atoms with E-state index < -0.39 is 0 Å². The maximum absolute atomic E-state index is 9.52. The van der Waals surface area contributed by atoms with Crippen LogP contribution in [0.2, 0.25) is 0 Å². The maximum Gasteiger partial charge on any atom is 0.123 e. The molecule has 1 saturated heterocycles. The van der Waals surface area contributed by atoms with Crippen LogP contribution < -0.4 is 10.1 Å². The van der Waals surface area contributed by atoms with Crippen LogP contribution in [0.25, 0.3) is 0 Å². The topological polar surface area (TPSA) is 44.7 Å². The van der Waals surface area contributed by atoms with Gasteiger partial charge in [-0.15, -0.1) is 0 Å². The van der Waals surface area contributed by atoms with Gasteiger partial charge in [0, 0.05) is 31.7 Å². The molecule has 1 heterocycles. The molecule has 0 aliphatic carbocycles. The Labute approximate surface area is 115 Å². The Bertz CT molecular complexity index is 401. The lowest BCUT2D eigenvalue weighted by molar-refractivity contribution is 0.0792. The molecule has 0 unspecified atom stereocenters. The van der Waals surface area contributed by atoms with E-state index in [1.165, 1.54) is 11.1 Å². The van der Waals surface area contributed by atoms with Gasteiger partial charge in [-0.1, -0.05) is 12.1 Å². The lowest BCUT2D eigenvalue weighted by Crippen LogP contribution is -2.35. The molecule has 19 heavy (non-hydrogen) atoms. The summed E-state index contributed by atoms with van der Waals surface area (Å²) >= 11 is 0. The zero-order valence-corrected chi connectivity index (χ0v) is 11.9. The highest BCUT2D eigenvalue weighted by atomic mass is 16.5. The number of piperidine rings is 1. The molecule has 0 atom stereocenters. The van der Waals surface area contributed by atoms with Gasteiger partial charge in [0.1, 0.15) is 5.75 Å². The Hall–Kier alpha value is -1.10. The summed E-state index contributed by atoms with van der Waals surface area (Å²) < 4.78 is 5.45. The van der Waals surface area contributed by atoms with Crippen molar-refractivity contribution in [1.82, 2.24) is 10.2 Å². The number of likely N-dealkylation sites (tertiary alicyclic amines) is 1. The number of rotatable bonds is 5. The Balaban J connectivity index is 2.00. The van der Waals surface area contributed by atoms with Crippen LogP contribution in [0.15, 0.2) is 18.2 Å². The largest absolute Gasteiger partial charge is 0.496 e. The van der Waals surface area contributed by atoms with E-state index in [9.17, 15) is 5.11 Å². The number of aliphatic hydroxyl groups is 1. The fourth-order valence-corrected chi connectivity index (χ4v) is 2.56. The van der Waals surface area contributed by atoms with Gasteiger partial charge in [-0.25, -0.2) is 0 Å². The van der Waals surface area contributed by atoms with Gasteiger partial charge in [0.15, 0.2) is 0 Å². The van der Waals surface area contributed by atoms with E-state index in [2.05, 4.69) is 28.4 Å². The van der Waals surface area contributed by atoms with E-state index in [1.54, 1.807) is 7.11 Å². The van der Waals surface area contributed by atoms with Crippen molar-refractivity contribution in [3.05, 3.63) is 29.3 Å². The summed E-state index contributed by atoms with van der Waals surface area (Å²) in [5.41, 5.74) is 2.45. The molecule has 2 N–H and O–H groups in total. The van der Waals surface area contributed by atoms with Crippen LogP contribution in [0.1, 0.15) is 24.0 Å². The van der Waals surface area contributed by atoms with E-state index in [1.807, 2.05) is 7.05 Å². The fraction of sp³-hybridized carbons (Fsp3) is 0.600. The first-order valence-corrected chi connectivity index (χ1v) is 6.93. The summed E-state index contributed by atoms with van der Waals surface area (Å²) in [5, 5.41) is 12.7. The molecule has 1 aliphatic rings. The number of aliphatic hydroxyl groups excluding tert-OH is 1. The van der Waals surface area contributed by atoms with E-state index in [4.69, 9.17) is 4.74 Å². The minimum atomic E-state index is -0.108. The first-order valence-electron chi connectivity index (χ1n) is 6.93. The highest BCUT2D eigenvalue weighted by molar-refractivity contribution is 5.37. The van der Waals surface area contributed by atoms with Crippen molar-refractivity contribution in [2.24, 2.45) is 0 Å². The lowest BCUT2D eigenvalue weighted by atomic mass is 10.1. The highest BCUT2D eigenvalue weighted by Gasteiger charge is 2.17. The number of ether oxygens (including phenoxy) is 1. The third kappa shape index (κ3) is 3.93. The number of hydrogen-bond donors (Lipinski definition) is 2. The maximum atomic E-state index is 9.52. The first-order chi connectivity index (χ1) is 9.22. The van der Waals surface area contributed by atoms with Gasteiger partial charge >= 0.3 is 0 Å². The molecule has 2 rings (SSSR count). The molecule has 0 bridgehead atoms. The van der Waals surface area contributed by atoms with Crippen LogP contribution in [0, 0.1) is 0 Å². The molecule has 0 saturated carbocycles. The zero-order chi connectivity index (χ0) is 13.7. The molecule has 1 aliphatic heterocycles. The monoisotopic (exact) mass is 264 g/mol. The Morgan fingerprint density at radius 1 is 1.37 bits per heavy atom. The third-order valence-corrected chi connectivity index (χ3v) is 3.68. The summed E-state index contributed by atoms with van der Waals surface area (Å²) in [5.74, 6) is 0.948. The van der Waals surface area contributed by atoms with Crippen molar-refractivity contribution >= 4 is 0 Å². The van der Waals surface area contributed by atoms with Crippen molar-refractivity contribution in [3.8, 4) is 5.75 Å². The van der Waals surface area contributed by atoms with Gasteiger partial charge in [0.25, 0.3) is 0 Å². The predicted octanol–water partition coefficient (Wildman–Crippen LogP) is 1.37. The minimum Gasteiger partial charge on any atom is -0.496 e. The van der Waals surface area contributed by atoms with Crippen LogP contribution in [0.3, 0.4) is 0 Å². The second kappa shape index (κ2) is 6.89. The number of benzene rings is 1. The second-order valence-electron chi connectivity index (χ2n) is 5.18. The number of nitrogens with zero attached hydrogens (tertiary/aromatic N) is 1. The number of methoxy groups -OCH3 is 1. The Morgan fingerprint density at radius 3 is 2.74 bits per heavy atom. The van der Waals surface area contributed by atoms with Crippen LogP contribution >= 0.6 is 0 Å². The molecule has 0 amide bonds. The molecule has 4 heteroatoms. The molecule has 4 nitrogen and oxygen atoms in total. The quantitative estimate of drug-likeness (QED) is 0.843. The standard InChI is InChI=1S/C15H24N2O2/c1-16-10-13-4-3-12(9-15(13)19-2)11-17-7-5-14(18)6-8-17/h3-4,9,14,16,18H,5-8,10-11H2,1-2H3. The van der Waals surface area contributed by atoms with Crippen molar-refractivity contribution < 1.29 is 9.84 Å². The van der Waals surface area contributed by atoms with E-state index in [0.717, 1.165) is 44.8 Å². The molecule has 106 valence electrons. The van der Waals surface area contributed by atoms with E-state index in [0.29, 0.717) is 0 Å². The normalized spacial score (nSPS) is 17.6. The summed E-state index contributed by atoms with van der Waals surface area (Å²) in [6, 6.07) is 6.42. The molecular weight excluding hydrogens is 240 g/mol. The molecule has 1 aromatic carbocycles. The smallest absolute Gasteiger partial charge is 0.123 e. The molecule has 0 radical (unpaired) electrons. The summed E-state index contributed by atoms with van der Waals surface area (Å²) in [7, 11) is 3.65. The Morgan fingerprint density at radius 2 is 2.11 bits per heavy atom. The van der Waals surface area contributed by atoms with Gasteiger partial charge in [-0.2, -0.15) is 0 Å². The van der Waals surface area contributed by atoms with Crippen molar-refractivity contribution in [2.75, 3.05) is 27.2 Å². The molecule has 0 spiro atoms. The summed E-state index contributed by atoms with van der Waals surface area (Å²) in [4.78, 5) is 2.39. The van der Waals surface area contributed by atoms with Crippen molar-refractivity contribution in [2.45, 2.75) is 32.0 Å². The average molecular weight is 264 g/mol. The lowest BCUT2D eigenvalue weighted by Gasteiger charge is -2.29. The van der Waals surface area contributed by atoms with Gasteiger partial charge in [0.2, 0.25) is 0 Å². The van der Waals surface area contributed by atoms with Crippen LogP contribution in [0.4, 0.5) is 0 Å². The number of nitrogens with one attached hydrogen (secondary N) is 1. The first kappa shape index (κ1) is 14.3. The van der Waals surface area contributed by atoms with Gasteiger partial charge in [0.05, 0.1) is 13.2 Å². The van der Waals surface area contributed by atoms with E-state index in [-0.39, 0.29) is 6.10 Å². The van der Waals surface area contributed by atoms with Gasteiger partial charge < -0.3 is 15.2 Å². The highest BCUT2D eigenvalue weighted by Crippen LogP contribution is 2.22. The third-order valence-electron chi connectivity index (χ3n) is 3.68. The predicted molar refractivity (Wildman–Crippen MR) is 76.3 cm³/mol. The average Bonchev–Trinajstić information content (AvgIpc) is 2.43. The van der Waals surface area contributed by atoms with E-state index >= 15 is 0 Å². The second-order valence-corrected chi connectivity index (χ2v) is 5.18. The zero-order valence-electron chi connectivity index (χ0n) is 11.9. The van der Waals surface area contributed by atoms with Crippen LogP contribution in [-0.2, 0) is 13.1 Å². The van der Waals surface area contributed by atoms with Crippen LogP contribution in [-0.4, -0.2) is 43.4 Å². The molecule has 1 fully saturated rings. The van der Waals surface area contributed by atoms with Crippen molar-refractivity contribution in [1.29, 1.82) is 0 Å². The Kier molecular flexibility index (Phi) is 5.19. The van der Waals surface area contributed by atoms with Crippen molar-refractivity contribution in [3.63, 3.8) is 0 Å². The number of hydrogen-bond acceptors (Lipinski definition) is 4. The summed E-state index contributed by atoms with van der Waals surface area (Å²) in [6.45, 7) is 3.70. The van der Waals surface area contributed by atoms with Gasteiger partial charge in [-0.3, -0.25) is 4.90 Å². The summed E-state index contributed by atoms with van der Waals surface area (Å²) in [6.07, 6.45) is 1.66. The SMILES string of the molecule is CNCc1ccc(CN2CCC(O)CC2)cc1OC. The van der Waals surface area contributed by atoms with Gasteiger partial charge in [-0.05, 0) is 31.5 Å². The molecule has 0 aromatic heterocycles. The molecular formula is C15H24N2O2. The van der Waals surface area contributed by atoms with Crippen LogP contribution in [0.5, 0.6) is 5.75 Å².